The highest BCUT2D eigenvalue weighted by molar-refractivity contribution is 5.46. The van der Waals surface area contributed by atoms with Crippen LogP contribution in [0, 0.1) is 0 Å². The van der Waals surface area contributed by atoms with E-state index in [0.29, 0.717) is 24.8 Å². The number of anilines is 2. The van der Waals surface area contributed by atoms with Crippen molar-refractivity contribution in [2.24, 2.45) is 0 Å². The molecule has 18 heavy (non-hydrogen) atoms. The first-order valence-electron chi connectivity index (χ1n) is 5.53. The zero-order chi connectivity index (χ0) is 13.0. The van der Waals surface area contributed by atoms with Crippen molar-refractivity contribution >= 4 is 11.6 Å². The van der Waals surface area contributed by atoms with Crippen LogP contribution in [-0.2, 0) is 17.9 Å². The minimum absolute atomic E-state index is 0.345. The smallest absolute Gasteiger partial charge is 0.158 e. The Kier molecular flexibility index (Phi) is 3.78. The molecular formula is C12H16N4O2. The van der Waals surface area contributed by atoms with Crippen molar-refractivity contribution in [2.45, 2.75) is 13.2 Å². The minimum atomic E-state index is 0.345. The zero-order valence-electron chi connectivity index (χ0n) is 10.5. The van der Waals surface area contributed by atoms with E-state index in [9.17, 15) is 0 Å². The van der Waals surface area contributed by atoms with Crippen molar-refractivity contribution in [3.8, 4) is 0 Å². The third-order valence-corrected chi connectivity index (χ3v) is 2.44. The van der Waals surface area contributed by atoms with E-state index in [4.69, 9.17) is 14.9 Å². The van der Waals surface area contributed by atoms with Crippen molar-refractivity contribution in [3.63, 3.8) is 0 Å². The van der Waals surface area contributed by atoms with Gasteiger partial charge in [0, 0.05) is 32.3 Å². The maximum absolute atomic E-state index is 5.75. The number of nitrogens with two attached hydrogens (primary N) is 1. The Balaban J connectivity index is 2.16. The van der Waals surface area contributed by atoms with E-state index in [0.717, 1.165) is 11.4 Å². The van der Waals surface area contributed by atoms with E-state index in [1.165, 1.54) is 0 Å². The number of furan rings is 1. The van der Waals surface area contributed by atoms with Crippen LogP contribution in [0.1, 0.15) is 11.4 Å². The van der Waals surface area contributed by atoms with Crippen LogP contribution in [0.3, 0.4) is 0 Å². The zero-order valence-corrected chi connectivity index (χ0v) is 10.5. The Labute approximate surface area is 105 Å². The monoisotopic (exact) mass is 248 g/mol. The molecule has 0 unspecified atom stereocenters. The van der Waals surface area contributed by atoms with Gasteiger partial charge < -0.3 is 19.8 Å². The number of rotatable bonds is 5. The van der Waals surface area contributed by atoms with Gasteiger partial charge in [0.05, 0.1) is 12.5 Å². The number of hydrogen-bond donors (Lipinski definition) is 1. The minimum Gasteiger partial charge on any atom is -0.472 e. The lowest BCUT2D eigenvalue weighted by atomic mass is 10.3. The standard InChI is InChI=1S/C12H16N4O2/c1-16(6-9-3-4-18-7-9)12-5-10(13)14-11(15-12)8-17-2/h3-5,7H,6,8H2,1-2H3,(H2,13,14,15). The molecule has 0 aliphatic carbocycles. The summed E-state index contributed by atoms with van der Waals surface area (Å²) in [7, 11) is 3.53. The number of methoxy groups -OCH3 is 1. The van der Waals surface area contributed by atoms with Gasteiger partial charge in [-0.2, -0.15) is 0 Å². The third kappa shape index (κ3) is 2.98. The average Bonchev–Trinajstić information content (AvgIpc) is 2.81. The van der Waals surface area contributed by atoms with Crippen LogP contribution in [0.4, 0.5) is 11.6 Å². The van der Waals surface area contributed by atoms with Crippen molar-refractivity contribution < 1.29 is 9.15 Å². The summed E-state index contributed by atoms with van der Waals surface area (Å²) in [5, 5.41) is 0. The van der Waals surface area contributed by atoms with E-state index in [1.54, 1.807) is 25.7 Å². The first kappa shape index (κ1) is 12.4. The summed E-state index contributed by atoms with van der Waals surface area (Å²) in [5.41, 5.74) is 6.82. The molecule has 0 atom stereocenters. The molecule has 0 aliphatic rings. The molecule has 0 saturated carbocycles. The quantitative estimate of drug-likeness (QED) is 0.862. The lowest BCUT2D eigenvalue weighted by molar-refractivity contribution is 0.178. The van der Waals surface area contributed by atoms with Gasteiger partial charge >= 0.3 is 0 Å². The highest BCUT2D eigenvalue weighted by atomic mass is 16.5. The molecule has 0 amide bonds. The lowest BCUT2D eigenvalue weighted by Crippen LogP contribution is -2.19. The van der Waals surface area contributed by atoms with E-state index >= 15 is 0 Å². The van der Waals surface area contributed by atoms with Crippen molar-refractivity contribution in [2.75, 3.05) is 24.8 Å². The summed E-state index contributed by atoms with van der Waals surface area (Å²) in [5.74, 6) is 1.77. The molecule has 0 radical (unpaired) electrons. The van der Waals surface area contributed by atoms with E-state index < -0.39 is 0 Å². The molecule has 2 aromatic rings. The van der Waals surface area contributed by atoms with Crippen LogP contribution in [0.15, 0.2) is 29.1 Å². The van der Waals surface area contributed by atoms with Crippen molar-refractivity contribution in [1.29, 1.82) is 0 Å². The van der Waals surface area contributed by atoms with Crippen LogP contribution in [0.5, 0.6) is 0 Å². The van der Waals surface area contributed by atoms with Gasteiger partial charge in [-0.25, -0.2) is 9.97 Å². The molecule has 0 spiro atoms. The van der Waals surface area contributed by atoms with Gasteiger partial charge in [0.25, 0.3) is 0 Å². The van der Waals surface area contributed by atoms with E-state index in [2.05, 4.69) is 9.97 Å². The third-order valence-electron chi connectivity index (χ3n) is 2.44. The fourth-order valence-corrected chi connectivity index (χ4v) is 1.63. The number of aromatic nitrogens is 2. The first-order chi connectivity index (χ1) is 8.69. The fraction of sp³-hybridized carbons (Fsp3) is 0.333. The van der Waals surface area contributed by atoms with Gasteiger partial charge in [-0.15, -0.1) is 0 Å². The molecule has 0 aromatic carbocycles. The number of hydrogen-bond acceptors (Lipinski definition) is 6. The molecule has 0 saturated heterocycles. The molecule has 6 nitrogen and oxygen atoms in total. The average molecular weight is 248 g/mol. The Morgan fingerprint density at radius 2 is 2.28 bits per heavy atom. The topological polar surface area (TPSA) is 77.4 Å². The van der Waals surface area contributed by atoms with Crippen LogP contribution < -0.4 is 10.6 Å². The predicted octanol–water partition coefficient (Wildman–Crippen LogP) is 1.43. The molecule has 0 aliphatic heterocycles. The summed E-state index contributed by atoms with van der Waals surface area (Å²) in [4.78, 5) is 10.5. The maximum atomic E-state index is 5.75. The van der Waals surface area contributed by atoms with Gasteiger partial charge in [-0.05, 0) is 6.07 Å². The molecule has 2 N–H and O–H groups in total. The van der Waals surface area contributed by atoms with Gasteiger partial charge in [-0.1, -0.05) is 0 Å². The summed E-state index contributed by atoms with van der Waals surface area (Å²) < 4.78 is 10.0. The maximum Gasteiger partial charge on any atom is 0.158 e. The highest BCUT2D eigenvalue weighted by Gasteiger charge is 2.08. The Morgan fingerprint density at radius 1 is 1.44 bits per heavy atom. The lowest BCUT2D eigenvalue weighted by Gasteiger charge is -2.18. The van der Waals surface area contributed by atoms with Gasteiger partial charge in [-0.3, -0.25) is 0 Å². The molecule has 2 heterocycles. The fourth-order valence-electron chi connectivity index (χ4n) is 1.63. The summed E-state index contributed by atoms with van der Waals surface area (Å²) >= 11 is 0. The van der Waals surface area contributed by atoms with Gasteiger partial charge in [0.2, 0.25) is 0 Å². The molecule has 6 heteroatoms. The van der Waals surface area contributed by atoms with Crippen LogP contribution in [0.25, 0.3) is 0 Å². The van der Waals surface area contributed by atoms with Crippen LogP contribution >= 0.6 is 0 Å². The van der Waals surface area contributed by atoms with Gasteiger partial charge in [0.1, 0.15) is 18.2 Å². The SMILES string of the molecule is COCc1nc(N)cc(N(C)Cc2ccoc2)n1. The van der Waals surface area contributed by atoms with Crippen LogP contribution in [-0.4, -0.2) is 24.1 Å². The Morgan fingerprint density at radius 3 is 2.94 bits per heavy atom. The Bertz CT molecular complexity index is 499. The molecule has 2 aromatic heterocycles. The van der Waals surface area contributed by atoms with Crippen molar-refractivity contribution in [3.05, 3.63) is 36.0 Å². The second-order valence-corrected chi connectivity index (χ2v) is 3.99. The normalized spacial score (nSPS) is 10.6. The first-order valence-corrected chi connectivity index (χ1v) is 5.53. The summed E-state index contributed by atoms with van der Waals surface area (Å²) in [6, 6.07) is 3.65. The predicted molar refractivity (Wildman–Crippen MR) is 68.0 cm³/mol. The van der Waals surface area contributed by atoms with E-state index in [1.807, 2.05) is 18.0 Å². The second kappa shape index (κ2) is 5.50. The summed E-state index contributed by atoms with van der Waals surface area (Å²) in [6.07, 6.45) is 3.35. The Hall–Kier alpha value is -2.08. The van der Waals surface area contributed by atoms with E-state index in [-0.39, 0.29) is 0 Å². The largest absolute Gasteiger partial charge is 0.472 e. The van der Waals surface area contributed by atoms with Crippen molar-refractivity contribution in [1.82, 2.24) is 9.97 Å². The van der Waals surface area contributed by atoms with Gasteiger partial charge in [0.15, 0.2) is 5.82 Å². The second-order valence-electron chi connectivity index (χ2n) is 3.99. The number of ether oxygens (including phenoxy) is 1. The number of nitrogen functional groups attached to an aromatic ring is 1. The number of nitrogens with zero attached hydrogens (tertiary/aromatic N) is 3. The van der Waals surface area contributed by atoms with Crippen LogP contribution in [0.2, 0.25) is 0 Å². The molecule has 2 rings (SSSR count). The molecule has 96 valence electrons. The molecular weight excluding hydrogens is 232 g/mol. The molecule has 0 bridgehead atoms. The molecule has 0 fully saturated rings. The summed E-state index contributed by atoms with van der Waals surface area (Å²) in [6.45, 7) is 1.04. The highest BCUT2D eigenvalue weighted by Crippen LogP contribution is 2.16.